The van der Waals surface area contributed by atoms with Crippen molar-refractivity contribution >= 4 is 34.4 Å². The van der Waals surface area contributed by atoms with Crippen LogP contribution in [0.1, 0.15) is 23.0 Å². The lowest BCUT2D eigenvalue weighted by Crippen LogP contribution is -2.40. The summed E-state index contributed by atoms with van der Waals surface area (Å²) in [6.45, 7) is 1.08. The Morgan fingerprint density at radius 1 is 1.03 bits per heavy atom. The van der Waals surface area contributed by atoms with Crippen molar-refractivity contribution in [2.75, 3.05) is 0 Å². The van der Waals surface area contributed by atoms with Crippen LogP contribution in [0.15, 0.2) is 53.2 Å². The Balaban J connectivity index is 2.00. The van der Waals surface area contributed by atoms with Crippen LogP contribution in [0.5, 0.6) is 0 Å². The first kappa shape index (κ1) is 25.3. The number of alkyl halides is 3. The zero-order valence-corrected chi connectivity index (χ0v) is 20.1. The molecule has 0 atom stereocenters. The Morgan fingerprint density at radius 2 is 1.72 bits per heavy atom. The molecule has 0 radical (unpaired) electrons. The number of nitrogens with zero attached hydrogens (tertiary/aromatic N) is 3. The van der Waals surface area contributed by atoms with Crippen molar-refractivity contribution in [3.8, 4) is 28.3 Å². The first-order valence-corrected chi connectivity index (χ1v) is 11.0. The van der Waals surface area contributed by atoms with Gasteiger partial charge in [0.2, 0.25) is 5.91 Å². The number of hydrogen-bond acceptors (Lipinski definition) is 5. The third-order valence-corrected chi connectivity index (χ3v) is 5.73. The average Bonchev–Trinajstić information content (AvgIpc) is 3.42. The van der Waals surface area contributed by atoms with E-state index in [1.165, 1.54) is 24.3 Å². The lowest BCUT2D eigenvalue weighted by Gasteiger charge is -2.13. The third kappa shape index (κ3) is 4.67. The van der Waals surface area contributed by atoms with Crippen molar-refractivity contribution in [3.05, 3.63) is 75.1 Å². The highest BCUT2D eigenvalue weighted by atomic mass is 127. The Bertz CT molecular complexity index is 1460. The molecule has 0 fully saturated rings. The zero-order valence-electron chi connectivity index (χ0n) is 18.0. The summed E-state index contributed by atoms with van der Waals surface area (Å²) in [6.07, 6.45) is -4.38. The molecule has 186 valence electrons. The fraction of sp³-hybridized carbons (Fsp3) is 0.0909. The van der Waals surface area contributed by atoms with E-state index < -0.39 is 63.6 Å². The van der Waals surface area contributed by atoms with E-state index in [4.69, 9.17) is 4.52 Å². The van der Waals surface area contributed by atoms with Crippen LogP contribution in [0.4, 0.5) is 22.0 Å². The van der Waals surface area contributed by atoms with Gasteiger partial charge in [-0.1, -0.05) is 23.4 Å². The molecule has 0 aliphatic rings. The van der Waals surface area contributed by atoms with Crippen molar-refractivity contribution in [3.63, 3.8) is 0 Å². The van der Waals surface area contributed by atoms with Crippen molar-refractivity contribution in [1.29, 1.82) is 0 Å². The fourth-order valence-electron chi connectivity index (χ4n) is 3.38. The fourth-order valence-corrected chi connectivity index (χ4v) is 4.10. The first-order chi connectivity index (χ1) is 17.0. The summed E-state index contributed by atoms with van der Waals surface area (Å²) in [6, 6.07) is 8.59. The van der Waals surface area contributed by atoms with Crippen molar-refractivity contribution in [2.45, 2.75) is 13.1 Å². The summed E-state index contributed by atoms with van der Waals surface area (Å²) >= 11 is 1.76. The van der Waals surface area contributed by atoms with Gasteiger partial charge in [-0.05, 0) is 46.9 Å². The molecule has 0 bridgehead atoms. The number of rotatable bonds is 4. The summed E-state index contributed by atoms with van der Waals surface area (Å²) in [5.41, 5.74) is 0.0559. The largest absolute Gasteiger partial charge is 0.434 e. The van der Waals surface area contributed by atoms with Crippen molar-refractivity contribution in [1.82, 2.24) is 25.8 Å². The molecule has 2 aromatic carbocycles. The molecule has 36 heavy (non-hydrogen) atoms. The Labute approximate surface area is 212 Å². The first-order valence-electron chi connectivity index (χ1n) is 9.92. The molecule has 0 spiro atoms. The number of aromatic nitrogens is 3. The van der Waals surface area contributed by atoms with Gasteiger partial charge < -0.3 is 4.52 Å². The maximum Gasteiger partial charge on any atom is 0.434 e. The topological polar surface area (TPSA) is 102 Å². The van der Waals surface area contributed by atoms with E-state index in [0.717, 1.165) is 31.3 Å². The molecule has 2 heterocycles. The molecule has 2 N–H and O–H groups in total. The summed E-state index contributed by atoms with van der Waals surface area (Å²) in [4.78, 5) is 24.3. The van der Waals surface area contributed by atoms with Crippen LogP contribution in [-0.4, -0.2) is 26.8 Å². The summed E-state index contributed by atoms with van der Waals surface area (Å²) in [5.74, 6) is -4.36. The average molecular weight is 617 g/mol. The minimum Gasteiger partial charge on any atom is -0.355 e. The monoisotopic (exact) mass is 617 g/mol. The van der Waals surface area contributed by atoms with E-state index in [0.29, 0.717) is 4.68 Å². The smallest absolute Gasteiger partial charge is 0.355 e. The lowest BCUT2D eigenvalue weighted by atomic mass is 10.0. The number of hydrazine groups is 1. The standard InChI is InChI=1S/C22H13F5IN5O3/c1-10(34)30-31-21(35)17-18(16-13(24)6-4-7-14(16)28)32-36-19(17)11-9-29-33(20(11)22(25,26)27)15-8-3-2-5-12(15)23/h2-9H,1H3,(H,30,34)(H,31,35). The van der Waals surface area contributed by atoms with Gasteiger partial charge in [-0.2, -0.15) is 18.3 Å². The molecule has 0 aliphatic carbocycles. The maximum absolute atomic E-state index is 14.7. The number of amides is 2. The van der Waals surface area contributed by atoms with E-state index in [1.807, 2.05) is 10.9 Å². The molecular weight excluding hydrogens is 604 g/mol. The molecule has 2 aromatic heterocycles. The van der Waals surface area contributed by atoms with Crippen LogP contribution < -0.4 is 10.9 Å². The van der Waals surface area contributed by atoms with E-state index >= 15 is 0 Å². The number of para-hydroxylation sites is 1. The predicted molar refractivity (Wildman–Crippen MR) is 123 cm³/mol. The quantitative estimate of drug-likeness (QED) is 0.193. The van der Waals surface area contributed by atoms with E-state index in [2.05, 4.69) is 10.3 Å². The van der Waals surface area contributed by atoms with Gasteiger partial charge in [-0.15, -0.1) is 0 Å². The number of nitrogens with one attached hydrogen (secondary N) is 2. The molecular formula is C22H13F5IN5O3. The second-order valence-corrected chi connectivity index (χ2v) is 8.40. The van der Waals surface area contributed by atoms with Gasteiger partial charge in [0.15, 0.2) is 11.5 Å². The highest BCUT2D eigenvalue weighted by Crippen LogP contribution is 2.42. The maximum atomic E-state index is 14.7. The molecule has 8 nitrogen and oxygen atoms in total. The summed E-state index contributed by atoms with van der Waals surface area (Å²) < 4.78 is 77.5. The molecule has 4 aromatic rings. The number of carbonyl (C=O) groups excluding carboxylic acids is 2. The van der Waals surface area contributed by atoms with Crippen LogP contribution in [-0.2, 0) is 11.0 Å². The van der Waals surface area contributed by atoms with Crippen LogP contribution in [0.2, 0.25) is 0 Å². The van der Waals surface area contributed by atoms with Crippen LogP contribution in [0, 0.1) is 15.2 Å². The minimum absolute atomic E-state index is 0.212. The van der Waals surface area contributed by atoms with E-state index in [-0.39, 0.29) is 9.13 Å². The van der Waals surface area contributed by atoms with Crippen LogP contribution in [0.25, 0.3) is 28.3 Å². The van der Waals surface area contributed by atoms with Crippen LogP contribution in [0.3, 0.4) is 0 Å². The van der Waals surface area contributed by atoms with E-state index in [9.17, 15) is 31.5 Å². The molecule has 0 saturated carbocycles. The third-order valence-electron chi connectivity index (χ3n) is 4.83. The highest BCUT2D eigenvalue weighted by Gasteiger charge is 2.42. The van der Waals surface area contributed by atoms with E-state index in [1.54, 1.807) is 22.6 Å². The molecule has 2 amide bonds. The zero-order chi connectivity index (χ0) is 26.2. The normalized spacial score (nSPS) is 11.4. The number of hydrogen-bond donors (Lipinski definition) is 2. The van der Waals surface area contributed by atoms with Gasteiger partial charge in [0.05, 0.1) is 17.3 Å². The molecule has 0 unspecified atom stereocenters. The van der Waals surface area contributed by atoms with Crippen molar-refractivity contribution < 1.29 is 36.1 Å². The summed E-state index contributed by atoms with van der Waals surface area (Å²) in [7, 11) is 0. The Kier molecular flexibility index (Phi) is 6.79. The number of benzene rings is 2. The SMILES string of the molecule is CC(=O)NNC(=O)c1c(-c2c(F)cccc2I)noc1-c1cnn(-c2ccccc2F)c1C(F)(F)F. The van der Waals surface area contributed by atoms with Gasteiger partial charge in [0.25, 0.3) is 5.91 Å². The lowest BCUT2D eigenvalue weighted by molar-refractivity contribution is -0.142. The Hall–Kier alpha value is -3.82. The molecule has 14 heteroatoms. The highest BCUT2D eigenvalue weighted by molar-refractivity contribution is 14.1. The summed E-state index contributed by atoms with van der Waals surface area (Å²) in [5, 5.41) is 7.36. The van der Waals surface area contributed by atoms with Gasteiger partial charge >= 0.3 is 6.18 Å². The van der Waals surface area contributed by atoms with Crippen LogP contribution >= 0.6 is 22.6 Å². The van der Waals surface area contributed by atoms with Gasteiger partial charge in [0.1, 0.15) is 28.6 Å². The minimum atomic E-state index is -5.10. The number of halogens is 6. The molecule has 4 rings (SSSR count). The second-order valence-electron chi connectivity index (χ2n) is 7.24. The second kappa shape index (κ2) is 9.67. The number of carbonyl (C=O) groups is 2. The van der Waals surface area contributed by atoms with Gasteiger partial charge in [-0.25, -0.2) is 13.5 Å². The Morgan fingerprint density at radius 3 is 2.36 bits per heavy atom. The van der Waals surface area contributed by atoms with Gasteiger partial charge in [-0.3, -0.25) is 20.4 Å². The molecule has 0 aliphatic heterocycles. The predicted octanol–water partition coefficient (Wildman–Crippen LogP) is 4.88. The van der Waals surface area contributed by atoms with Crippen molar-refractivity contribution in [2.24, 2.45) is 0 Å². The molecule has 0 saturated heterocycles. The van der Waals surface area contributed by atoms with Gasteiger partial charge in [0, 0.05) is 10.5 Å².